The van der Waals surface area contributed by atoms with Gasteiger partial charge < -0.3 is 25.8 Å². The molecule has 9 heteroatoms. The van der Waals surface area contributed by atoms with E-state index in [2.05, 4.69) is 15.1 Å². The van der Waals surface area contributed by atoms with E-state index < -0.39 is 31.1 Å². The van der Waals surface area contributed by atoms with E-state index in [-0.39, 0.29) is 5.82 Å². The highest BCUT2D eigenvalue weighted by molar-refractivity contribution is 5.84. The van der Waals surface area contributed by atoms with Crippen molar-refractivity contribution in [3.63, 3.8) is 0 Å². The van der Waals surface area contributed by atoms with Crippen molar-refractivity contribution in [2.75, 3.05) is 12.3 Å². The summed E-state index contributed by atoms with van der Waals surface area (Å²) in [5.74, 6) is 0.267. The van der Waals surface area contributed by atoms with Gasteiger partial charge in [-0.15, -0.1) is 0 Å². The van der Waals surface area contributed by atoms with Crippen LogP contribution in [0.4, 0.5) is 5.82 Å². The summed E-state index contributed by atoms with van der Waals surface area (Å²) >= 11 is 0. The van der Waals surface area contributed by atoms with Crippen molar-refractivity contribution in [3.8, 4) is 0 Å². The van der Waals surface area contributed by atoms with E-state index >= 15 is 0 Å². The average Bonchev–Trinajstić information content (AvgIpc) is 2.94. The Morgan fingerprint density at radius 2 is 2.11 bits per heavy atom. The van der Waals surface area contributed by atoms with Crippen LogP contribution in [0.1, 0.15) is 6.23 Å². The number of aliphatic hydroxyl groups excluding tert-OH is 3. The molecule has 0 bridgehead atoms. The second-order valence-corrected chi connectivity index (χ2v) is 4.31. The zero-order chi connectivity index (χ0) is 13.6. The molecule has 0 unspecified atom stereocenters. The highest BCUT2D eigenvalue weighted by Gasteiger charge is 2.44. The Hall–Kier alpha value is -1.81. The number of rotatable bonds is 2. The zero-order valence-corrected chi connectivity index (χ0v) is 9.79. The van der Waals surface area contributed by atoms with Gasteiger partial charge in [0.2, 0.25) is 0 Å². The van der Waals surface area contributed by atoms with Crippen molar-refractivity contribution in [1.82, 2.24) is 19.7 Å². The Morgan fingerprint density at radius 1 is 1.32 bits per heavy atom. The lowest BCUT2D eigenvalue weighted by molar-refractivity contribution is -0.0566. The number of ether oxygens (including phenoxy) is 1. The molecule has 1 saturated heterocycles. The van der Waals surface area contributed by atoms with Crippen LogP contribution in [0.15, 0.2) is 12.5 Å². The molecule has 4 atom stereocenters. The number of nitrogen functional groups attached to an aromatic ring is 1. The summed E-state index contributed by atoms with van der Waals surface area (Å²) in [6, 6.07) is 0. The molecule has 3 rings (SSSR count). The van der Waals surface area contributed by atoms with Gasteiger partial charge in [-0.05, 0) is 0 Å². The molecule has 0 spiro atoms. The van der Waals surface area contributed by atoms with Gasteiger partial charge in [0.1, 0.15) is 30.5 Å². The summed E-state index contributed by atoms with van der Waals surface area (Å²) < 4.78 is 6.69. The third-order valence-electron chi connectivity index (χ3n) is 3.18. The summed E-state index contributed by atoms with van der Waals surface area (Å²) in [5, 5.41) is 33.3. The van der Waals surface area contributed by atoms with Crippen molar-refractivity contribution in [2.24, 2.45) is 0 Å². The fourth-order valence-corrected chi connectivity index (χ4v) is 2.15. The molecule has 0 amide bonds. The molecule has 2 aromatic heterocycles. The molecule has 0 radical (unpaired) electrons. The molecule has 5 N–H and O–H groups in total. The molecule has 0 saturated carbocycles. The Bertz CT molecular complexity index is 603. The fraction of sp³-hybridized carbons (Fsp3) is 0.500. The quantitative estimate of drug-likeness (QED) is 0.491. The van der Waals surface area contributed by atoms with Crippen LogP contribution < -0.4 is 5.73 Å². The van der Waals surface area contributed by atoms with Crippen LogP contribution in [0.2, 0.25) is 0 Å². The average molecular weight is 267 g/mol. The van der Waals surface area contributed by atoms with Crippen LogP contribution in [0, 0.1) is 0 Å². The zero-order valence-electron chi connectivity index (χ0n) is 9.79. The number of anilines is 1. The van der Waals surface area contributed by atoms with E-state index in [4.69, 9.17) is 15.6 Å². The Morgan fingerprint density at radius 3 is 2.79 bits per heavy atom. The molecule has 9 nitrogen and oxygen atoms in total. The van der Waals surface area contributed by atoms with E-state index in [9.17, 15) is 10.2 Å². The number of hydrogen-bond acceptors (Lipinski definition) is 8. The number of aliphatic hydroxyl groups is 3. The van der Waals surface area contributed by atoms with E-state index in [1.807, 2.05) is 0 Å². The molecule has 0 aliphatic carbocycles. The standard InChI is InChI=1S/C10H13N5O4/c11-8-4-1-14-15(9(4)13-3-12-8)10-7(18)6(17)5(2-16)19-10/h1,3,5-7,10,16-18H,2H2,(H2,11,12,13)/t5-,6+,7-,10+/m0/s1. The number of aromatic nitrogens is 4. The SMILES string of the molecule is Nc1ncnc2c1cnn2[C@@H]1O[C@@H](CO)[C@@H](O)[C@@H]1O. The number of nitrogens with two attached hydrogens (primary N) is 1. The van der Waals surface area contributed by atoms with E-state index in [1.165, 1.54) is 17.2 Å². The first-order valence-corrected chi connectivity index (χ1v) is 5.69. The predicted octanol–water partition coefficient (Wildman–Crippen LogP) is -1.98. The largest absolute Gasteiger partial charge is 0.394 e. The first-order valence-electron chi connectivity index (χ1n) is 5.69. The van der Waals surface area contributed by atoms with Crippen molar-refractivity contribution >= 4 is 16.9 Å². The summed E-state index contributed by atoms with van der Waals surface area (Å²) in [6.45, 7) is -0.398. The van der Waals surface area contributed by atoms with Gasteiger partial charge in [-0.2, -0.15) is 5.10 Å². The molecule has 3 heterocycles. The Balaban J connectivity index is 2.04. The fourth-order valence-electron chi connectivity index (χ4n) is 2.15. The molecule has 0 aromatic carbocycles. The van der Waals surface area contributed by atoms with Gasteiger partial charge in [0, 0.05) is 0 Å². The first-order chi connectivity index (χ1) is 9.13. The highest BCUT2D eigenvalue weighted by atomic mass is 16.6. The van der Waals surface area contributed by atoms with Crippen LogP contribution >= 0.6 is 0 Å². The van der Waals surface area contributed by atoms with Gasteiger partial charge >= 0.3 is 0 Å². The van der Waals surface area contributed by atoms with E-state index in [1.54, 1.807) is 0 Å². The second-order valence-electron chi connectivity index (χ2n) is 4.31. The molecular weight excluding hydrogens is 254 g/mol. The van der Waals surface area contributed by atoms with Gasteiger partial charge in [-0.3, -0.25) is 0 Å². The maximum Gasteiger partial charge on any atom is 0.181 e. The van der Waals surface area contributed by atoms with Crippen LogP contribution in [-0.4, -0.2) is 60.0 Å². The third kappa shape index (κ3) is 1.75. The minimum absolute atomic E-state index is 0.267. The first kappa shape index (κ1) is 12.2. The van der Waals surface area contributed by atoms with Crippen molar-refractivity contribution < 1.29 is 20.1 Å². The molecule has 1 fully saturated rings. The molecule has 102 valence electrons. The van der Waals surface area contributed by atoms with Crippen LogP contribution in [0.3, 0.4) is 0 Å². The maximum absolute atomic E-state index is 9.94. The Labute approximate surface area is 107 Å². The lowest BCUT2D eigenvalue weighted by Crippen LogP contribution is -2.33. The summed E-state index contributed by atoms with van der Waals surface area (Å²) in [7, 11) is 0. The van der Waals surface area contributed by atoms with Crippen LogP contribution in [0.25, 0.3) is 11.0 Å². The van der Waals surface area contributed by atoms with E-state index in [0.29, 0.717) is 11.0 Å². The summed E-state index contributed by atoms with van der Waals surface area (Å²) in [6.07, 6.45) is -1.46. The molecule has 19 heavy (non-hydrogen) atoms. The molecule has 2 aromatic rings. The van der Waals surface area contributed by atoms with Gasteiger partial charge in [-0.25, -0.2) is 14.6 Å². The lowest BCUT2D eigenvalue weighted by atomic mass is 10.1. The van der Waals surface area contributed by atoms with Crippen molar-refractivity contribution in [3.05, 3.63) is 12.5 Å². The molecule has 1 aliphatic rings. The van der Waals surface area contributed by atoms with Gasteiger partial charge in [0.15, 0.2) is 11.9 Å². The number of fused-ring (bicyclic) bond motifs is 1. The van der Waals surface area contributed by atoms with E-state index in [0.717, 1.165) is 0 Å². The molecule has 1 aliphatic heterocycles. The minimum Gasteiger partial charge on any atom is -0.394 e. The minimum atomic E-state index is -1.21. The summed E-state index contributed by atoms with van der Waals surface area (Å²) in [4.78, 5) is 7.86. The topological polar surface area (TPSA) is 140 Å². The lowest BCUT2D eigenvalue weighted by Gasteiger charge is -2.15. The number of nitrogens with zero attached hydrogens (tertiary/aromatic N) is 4. The van der Waals surface area contributed by atoms with Gasteiger partial charge in [0.05, 0.1) is 18.2 Å². The van der Waals surface area contributed by atoms with Crippen LogP contribution in [0.5, 0.6) is 0 Å². The predicted molar refractivity (Wildman–Crippen MR) is 62.7 cm³/mol. The Kier molecular flexibility index (Phi) is 2.82. The molecular formula is C10H13N5O4. The normalized spacial score (nSPS) is 31.1. The second kappa shape index (κ2) is 4.38. The van der Waals surface area contributed by atoms with Crippen LogP contribution in [-0.2, 0) is 4.74 Å². The number of hydrogen-bond donors (Lipinski definition) is 4. The smallest absolute Gasteiger partial charge is 0.181 e. The maximum atomic E-state index is 9.94. The highest BCUT2D eigenvalue weighted by Crippen LogP contribution is 2.31. The van der Waals surface area contributed by atoms with Gasteiger partial charge in [0.25, 0.3) is 0 Å². The third-order valence-corrected chi connectivity index (χ3v) is 3.18. The monoisotopic (exact) mass is 267 g/mol. The van der Waals surface area contributed by atoms with Crippen molar-refractivity contribution in [2.45, 2.75) is 24.5 Å². The van der Waals surface area contributed by atoms with Crippen molar-refractivity contribution in [1.29, 1.82) is 0 Å². The van der Waals surface area contributed by atoms with Gasteiger partial charge in [-0.1, -0.05) is 0 Å². The summed E-state index contributed by atoms with van der Waals surface area (Å²) in [5.41, 5.74) is 6.08.